The zero-order valence-electron chi connectivity index (χ0n) is 12.3. The molecule has 3 aromatic rings. The smallest absolute Gasteiger partial charge is 0.270 e. The van der Waals surface area contributed by atoms with E-state index in [-0.39, 0.29) is 11.7 Å². The Kier molecular flexibility index (Phi) is 3.63. The maximum atomic E-state index is 14.0. The summed E-state index contributed by atoms with van der Waals surface area (Å²) in [6.07, 6.45) is 3.54. The highest BCUT2D eigenvalue weighted by molar-refractivity contribution is 14.1. The molecule has 1 amide bonds. The Hall–Kier alpha value is -1.83. The zero-order chi connectivity index (χ0) is 16.0. The maximum absolute atomic E-state index is 14.0. The number of aromatic amines is 2. The van der Waals surface area contributed by atoms with Crippen molar-refractivity contribution in [1.29, 1.82) is 0 Å². The van der Waals surface area contributed by atoms with Gasteiger partial charge in [0.05, 0.1) is 12.1 Å². The number of benzene rings is 1. The molecule has 6 heteroatoms. The number of fused-ring (bicyclic) bond motifs is 3. The van der Waals surface area contributed by atoms with Gasteiger partial charge in [0.25, 0.3) is 5.91 Å². The molecule has 4 nitrogen and oxygen atoms in total. The molecule has 0 bridgehead atoms. The first-order valence-corrected chi connectivity index (χ1v) is 8.62. The van der Waals surface area contributed by atoms with Crippen LogP contribution in [-0.4, -0.2) is 27.3 Å². The molecule has 0 saturated carbocycles. The molecule has 0 unspecified atom stereocenters. The summed E-state index contributed by atoms with van der Waals surface area (Å²) in [5.41, 5.74) is 3.22. The Morgan fingerprint density at radius 3 is 3.00 bits per heavy atom. The third kappa shape index (κ3) is 2.54. The molecule has 0 saturated heterocycles. The SMILES string of the molecule is O=C(c1cc(I)c[nH]1)N1CCCc2c([nH]c3c(F)cccc23)C1. The normalized spacial score (nSPS) is 14.8. The molecule has 1 aliphatic heterocycles. The number of amides is 1. The van der Waals surface area contributed by atoms with Crippen molar-refractivity contribution in [2.24, 2.45) is 0 Å². The van der Waals surface area contributed by atoms with Crippen molar-refractivity contribution in [3.05, 3.63) is 56.8 Å². The highest BCUT2D eigenvalue weighted by atomic mass is 127. The van der Waals surface area contributed by atoms with Crippen molar-refractivity contribution in [2.75, 3.05) is 6.54 Å². The first kappa shape index (κ1) is 14.7. The monoisotopic (exact) mass is 423 g/mol. The zero-order valence-corrected chi connectivity index (χ0v) is 14.5. The molecule has 0 radical (unpaired) electrons. The standard InChI is InChI=1S/C17H15FIN3O/c18-13-5-1-3-12-11-4-2-6-22(9-15(11)21-16(12)13)17(23)14-7-10(19)8-20-14/h1,3,5,7-8,20-21H,2,4,6,9H2. The fourth-order valence-corrected chi connectivity index (χ4v) is 3.73. The number of hydrogen-bond donors (Lipinski definition) is 2. The molecule has 0 fully saturated rings. The number of halogens is 2. The van der Waals surface area contributed by atoms with Crippen LogP contribution in [0.1, 0.15) is 28.2 Å². The average molecular weight is 423 g/mol. The van der Waals surface area contributed by atoms with E-state index in [9.17, 15) is 9.18 Å². The highest BCUT2D eigenvalue weighted by Crippen LogP contribution is 2.29. The molecule has 0 atom stereocenters. The van der Waals surface area contributed by atoms with Crippen LogP contribution < -0.4 is 0 Å². The summed E-state index contributed by atoms with van der Waals surface area (Å²) in [7, 11) is 0. The largest absolute Gasteiger partial charge is 0.356 e. The lowest BCUT2D eigenvalue weighted by Crippen LogP contribution is -2.31. The molecule has 0 spiro atoms. The predicted molar refractivity (Wildman–Crippen MR) is 94.8 cm³/mol. The molecule has 4 rings (SSSR count). The molecule has 3 heterocycles. The molecular weight excluding hydrogens is 408 g/mol. The summed E-state index contributed by atoms with van der Waals surface area (Å²) in [5.74, 6) is -0.257. The van der Waals surface area contributed by atoms with E-state index < -0.39 is 0 Å². The van der Waals surface area contributed by atoms with E-state index in [1.165, 1.54) is 6.07 Å². The summed E-state index contributed by atoms with van der Waals surface area (Å²) >= 11 is 2.18. The van der Waals surface area contributed by atoms with E-state index in [1.807, 2.05) is 23.2 Å². The van der Waals surface area contributed by atoms with Crippen LogP contribution in [0.2, 0.25) is 0 Å². The van der Waals surface area contributed by atoms with Gasteiger partial charge in [-0.05, 0) is 53.1 Å². The number of hydrogen-bond acceptors (Lipinski definition) is 1. The van der Waals surface area contributed by atoms with Gasteiger partial charge in [0, 0.05) is 27.4 Å². The van der Waals surface area contributed by atoms with Crippen LogP contribution in [0.3, 0.4) is 0 Å². The Morgan fingerprint density at radius 1 is 1.35 bits per heavy atom. The lowest BCUT2D eigenvalue weighted by molar-refractivity contribution is 0.0739. The minimum atomic E-state index is -0.243. The van der Waals surface area contributed by atoms with Crippen LogP contribution >= 0.6 is 22.6 Å². The lowest BCUT2D eigenvalue weighted by atomic mass is 10.1. The number of H-pyrrole nitrogens is 2. The quantitative estimate of drug-likeness (QED) is 0.575. The van der Waals surface area contributed by atoms with Crippen molar-refractivity contribution in [3.8, 4) is 0 Å². The molecular formula is C17H15FIN3O. The van der Waals surface area contributed by atoms with Crippen molar-refractivity contribution >= 4 is 39.4 Å². The van der Waals surface area contributed by atoms with E-state index >= 15 is 0 Å². The molecule has 1 aliphatic rings. The fourth-order valence-electron chi connectivity index (χ4n) is 3.26. The van der Waals surface area contributed by atoms with Crippen LogP contribution in [0.4, 0.5) is 4.39 Å². The lowest BCUT2D eigenvalue weighted by Gasteiger charge is -2.19. The number of para-hydroxylation sites is 1. The second-order valence-corrected chi connectivity index (χ2v) is 7.05. The van der Waals surface area contributed by atoms with Crippen LogP contribution in [0, 0.1) is 9.39 Å². The Morgan fingerprint density at radius 2 is 2.22 bits per heavy atom. The Labute approximate surface area is 146 Å². The van der Waals surface area contributed by atoms with Crippen LogP contribution in [0.25, 0.3) is 10.9 Å². The third-order valence-corrected chi connectivity index (χ3v) is 4.97. The van der Waals surface area contributed by atoms with E-state index in [0.29, 0.717) is 24.3 Å². The van der Waals surface area contributed by atoms with Gasteiger partial charge >= 0.3 is 0 Å². The second-order valence-electron chi connectivity index (χ2n) is 5.81. The molecule has 118 valence electrons. The molecule has 2 N–H and O–H groups in total. The first-order valence-electron chi connectivity index (χ1n) is 7.54. The Bertz CT molecular complexity index is 899. The van der Waals surface area contributed by atoms with Gasteiger partial charge in [0.15, 0.2) is 0 Å². The van der Waals surface area contributed by atoms with E-state index in [2.05, 4.69) is 32.6 Å². The number of nitrogens with zero attached hydrogens (tertiary/aromatic N) is 1. The topological polar surface area (TPSA) is 51.9 Å². The first-order chi connectivity index (χ1) is 11.1. The van der Waals surface area contributed by atoms with Gasteiger partial charge in [-0.2, -0.15) is 0 Å². The number of aromatic nitrogens is 2. The van der Waals surface area contributed by atoms with Gasteiger partial charge in [-0.15, -0.1) is 0 Å². The van der Waals surface area contributed by atoms with E-state index in [4.69, 9.17) is 0 Å². The van der Waals surface area contributed by atoms with Gasteiger partial charge in [0.2, 0.25) is 0 Å². The van der Waals surface area contributed by atoms with Crippen LogP contribution in [0.15, 0.2) is 30.5 Å². The van der Waals surface area contributed by atoms with Gasteiger partial charge in [-0.1, -0.05) is 12.1 Å². The Balaban J connectivity index is 1.71. The molecule has 0 aliphatic carbocycles. The third-order valence-electron chi connectivity index (χ3n) is 4.35. The number of carbonyl (C=O) groups excluding carboxylic acids is 1. The summed E-state index contributed by atoms with van der Waals surface area (Å²) in [6.45, 7) is 1.19. The summed E-state index contributed by atoms with van der Waals surface area (Å²) < 4.78 is 15.0. The minimum absolute atomic E-state index is 0.0140. The maximum Gasteiger partial charge on any atom is 0.270 e. The number of aryl methyl sites for hydroxylation is 1. The van der Waals surface area contributed by atoms with Gasteiger partial charge in [0.1, 0.15) is 11.5 Å². The van der Waals surface area contributed by atoms with Crippen molar-refractivity contribution in [3.63, 3.8) is 0 Å². The molecule has 23 heavy (non-hydrogen) atoms. The fraction of sp³-hybridized carbons (Fsp3) is 0.235. The van der Waals surface area contributed by atoms with Gasteiger partial charge in [-0.3, -0.25) is 4.79 Å². The summed E-state index contributed by atoms with van der Waals surface area (Å²) in [5, 5.41) is 0.934. The van der Waals surface area contributed by atoms with E-state index in [1.54, 1.807) is 6.07 Å². The number of nitrogens with one attached hydrogen (secondary N) is 2. The molecule has 1 aromatic carbocycles. The minimum Gasteiger partial charge on any atom is -0.356 e. The number of rotatable bonds is 1. The van der Waals surface area contributed by atoms with Gasteiger partial charge < -0.3 is 14.9 Å². The van der Waals surface area contributed by atoms with Crippen LogP contribution in [-0.2, 0) is 13.0 Å². The van der Waals surface area contributed by atoms with E-state index in [0.717, 1.165) is 33.1 Å². The van der Waals surface area contributed by atoms with Crippen molar-refractivity contribution in [1.82, 2.24) is 14.9 Å². The number of carbonyl (C=O) groups is 1. The average Bonchev–Trinajstić information content (AvgIpc) is 3.05. The second kappa shape index (κ2) is 5.67. The highest BCUT2D eigenvalue weighted by Gasteiger charge is 2.24. The van der Waals surface area contributed by atoms with Crippen molar-refractivity contribution in [2.45, 2.75) is 19.4 Å². The molecule has 2 aromatic heterocycles. The van der Waals surface area contributed by atoms with Crippen molar-refractivity contribution < 1.29 is 9.18 Å². The van der Waals surface area contributed by atoms with Gasteiger partial charge in [-0.25, -0.2) is 4.39 Å². The summed E-state index contributed by atoms with van der Waals surface area (Å²) in [4.78, 5) is 20.7. The summed E-state index contributed by atoms with van der Waals surface area (Å²) in [6, 6.07) is 6.99. The predicted octanol–water partition coefficient (Wildman–Crippen LogP) is 3.83. The van der Waals surface area contributed by atoms with Crippen LogP contribution in [0.5, 0.6) is 0 Å².